The third-order valence-electron chi connectivity index (χ3n) is 2.72. The molecule has 0 saturated carbocycles. The van der Waals surface area contributed by atoms with Gasteiger partial charge in [-0.15, -0.1) is 0 Å². The molecule has 0 radical (unpaired) electrons. The summed E-state index contributed by atoms with van der Waals surface area (Å²) in [5.41, 5.74) is 0. The molecule has 0 bridgehead atoms. The lowest BCUT2D eigenvalue weighted by Crippen LogP contribution is -2.46. The molecule has 4 heteroatoms. The Morgan fingerprint density at radius 1 is 1.40 bits per heavy atom. The first-order chi connectivity index (χ1) is 7.06. The van der Waals surface area contributed by atoms with Crippen LogP contribution in [0.4, 0.5) is 0 Å². The lowest BCUT2D eigenvalue weighted by molar-refractivity contribution is -0.145. The van der Waals surface area contributed by atoms with E-state index in [9.17, 15) is 9.59 Å². The van der Waals surface area contributed by atoms with E-state index in [4.69, 9.17) is 5.11 Å². The molecule has 1 rings (SSSR count). The second-order valence-corrected chi connectivity index (χ2v) is 3.79. The summed E-state index contributed by atoms with van der Waals surface area (Å²) >= 11 is 0. The molecule has 0 spiro atoms. The van der Waals surface area contributed by atoms with Gasteiger partial charge < -0.3 is 10.0 Å². The van der Waals surface area contributed by atoms with Gasteiger partial charge in [-0.1, -0.05) is 5.92 Å². The van der Waals surface area contributed by atoms with Crippen molar-refractivity contribution in [3.8, 4) is 11.8 Å². The molecular weight excluding hydrogens is 194 g/mol. The maximum absolute atomic E-state index is 11.5. The molecule has 2 atom stereocenters. The Kier molecular flexibility index (Phi) is 3.73. The number of carboxylic acids is 1. The topological polar surface area (TPSA) is 57.6 Å². The number of aliphatic carboxylic acids is 1. The number of rotatable bonds is 1. The van der Waals surface area contributed by atoms with E-state index in [-0.39, 0.29) is 18.5 Å². The highest BCUT2D eigenvalue weighted by molar-refractivity contribution is 5.94. The molecule has 0 aromatic rings. The average molecular weight is 209 g/mol. The van der Waals surface area contributed by atoms with Crippen LogP contribution in [0.25, 0.3) is 0 Å². The highest BCUT2D eigenvalue weighted by Gasteiger charge is 2.31. The summed E-state index contributed by atoms with van der Waals surface area (Å²) in [5.74, 6) is 3.45. The Hall–Kier alpha value is -1.50. The first-order valence-corrected chi connectivity index (χ1v) is 5.02. The number of carbonyl (C=O) groups is 2. The van der Waals surface area contributed by atoms with Crippen molar-refractivity contribution in [2.75, 3.05) is 6.54 Å². The van der Waals surface area contributed by atoms with Crippen LogP contribution >= 0.6 is 0 Å². The van der Waals surface area contributed by atoms with Crippen molar-refractivity contribution < 1.29 is 14.7 Å². The summed E-state index contributed by atoms with van der Waals surface area (Å²) in [6, 6.07) is 0.0916. The molecule has 2 unspecified atom stereocenters. The van der Waals surface area contributed by atoms with Crippen LogP contribution in [0.5, 0.6) is 0 Å². The summed E-state index contributed by atoms with van der Waals surface area (Å²) in [4.78, 5) is 23.9. The van der Waals surface area contributed by atoms with Gasteiger partial charge in [0.2, 0.25) is 0 Å². The number of carbonyl (C=O) groups excluding carboxylic acids is 1. The molecule has 82 valence electrons. The van der Waals surface area contributed by atoms with Gasteiger partial charge in [0.05, 0.1) is 5.92 Å². The van der Waals surface area contributed by atoms with E-state index in [2.05, 4.69) is 11.8 Å². The molecule has 1 amide bonds. The van der Waals surface area contributed by atoms with Gasteiger partial charge in [-0.25, -0.2) is 0 Å². The Balaban J connectivity index is 2.72. The Labute approximate surface area is 89.3 Å². The predicted octanol–water partition coefficient (Wildman–Crippen LogP) is 0.721. The number of nitrogens with zero attached hydrogens (tertiary/aromatic N) is 1. The van der Waals surface area contributed by atoms with Crippen molar-refractivity contribution in [2.24, 2.45) is 5.92 Å². The molecule has 0 aromatic heterocycles. The van der Waals surface area contributed by atoms with Crippen molar-refractivity contribution >= 4 is 11.9 Å². The van der Waals surface area contributed by atoms with Gasteiger partial charge in [0.1, 0.15) is 0 Å². The number of hydrogen-bond acceptors (Lipinski definition) is 2. The molecule has 1 N–H and O–H groups in total. The Bertz CT molecular complexity index is 326. The van der Waals surface area contributed by atoms with Gasteiger partial charge in [0.15, 0.2) is 0 Å². The van der Waals surface area contributed by atoms with Crippen LogP contribution < -0.4 is 0 Å². The maximum Gasteiger partial charge on any atom is 0.308 e. The number of likely N-dealkylation sites (tertiary alicyclic amines) is 1. The lowest BCUT2D eigenvalue weighted by atomic mass is 9.93. The third kappa shape index (κ3) is 2.72. The van der Waals surface area contributed by atoms with Gasteiger partial charge in [0, 0.05) is 12.6 Å². The average Bonchev–Trinajstić information content (AvgIpc) is 2.18. The largest absolute Gasteiger partial charge is 0.481 e. The fourth-order valence-corrected chi connectivity index (χ4v) is 1.77. The highest BCUT2D eigenvalue weighted by Crippen LogP contribution is 2.21. The summed E-state index contributed by atoms with van der Waals surface area (Å²) in [5, 5.41) is 8.88. The zero-order valence-electron chi connectivity index (χ0n) is 8.99. The molecule has 1 fully saturated rings. The number of piperidine rings is 1. The molecule has 4 nitrogen and oxygen atoms in total. The molecule has 0 aliphatic carbocycles. The molecule has 1 saturated heterocycles. The monoisotopic (exact) mass is 209 g/mol. The van der Waals surface area contributed by atoms with E-state index >= 15 is 0 Å². The quantitative estimate of drug-likeness (QED) is 0.647. The Morgan fingerprint density at radius 3 is 2.60 bits per heavy atom. The minimum absolute atomic E-state index is 0.0916. The van der Waals surface area contributed by atoms with Crippen LogP contribution in [0.2, 0.25) is 0 Å². The van der Waals surface area contributed by atoms with Gasteiger partial charge >= 0.3 is 5.97 Å². The highest BCUT2D eigenvalue weighted by atomic mass is 16.4. The standard InChI is InChI=1S/C11H15NO3/c1-3-4-10(13)12-7-9(11(14)15)6-5-8(12)2/h8-9H,5-7H2,1-2H3,(H,14,15). The number of carboxylic acid groups (broad SMARTS) is 1. The molecule has 1 aliphatic heterocycles. The van der Waals surface area contributed by atoms with Crippen LogP contribution in [0.15, 0.2) is 0 Å². The normalized spacial score (nSPS) is 25.3. The molecule has 1 aliphatic rings. The smallest absolute Gasteiger partial charge is 0.308 e. The molecule has 0 aromatic carbocycles. The van der Waals surface area contributed by atoms with Crippen molar-refractivity contribution in [1.82, 2.24) is 4.90 Å². The minimum Gasteiger partial charge on any atom is -0.481 e. The van der Waals surface area contributed by atoms with Crippen LogP contribution in [0.1, 0.15) is 26.7 Å². The van der Waals surface area contributed by atoms with E-state index < -0.39 is 11.9 Å². The van der Waals surface area contributed by atoms with Crippen LogP contribution in [-0.2, 0) is 9.59 Å². The van der Waals surface area contributed by atoms with E-state index in [0.29, 0.717) is 6.42 Å². The molecule has 15 heavy (non-hydrogen) atoms. The number of hydrogen-bond donors (Lipinski definition) is 1. The molecular formula is C11H15NO3. The van der Waals surface area contributed by atoms with Crippen molar-refractivity contribution in [3.05, 3.63) is 0 Å². The zero-order chi connectivity index (χ0) is 11.4. The van der Waals surface area contributed by atoms with Crippen LogP contribution in [0, 0.1) is 17.8 Å². The Morgan fingerprint density at radius 2 is 2.07 bits per heavy atom. The van der Waals surface area contributed by atoms with Gasteiger partial charge in [0.25, 0.3) is 5.91 Å². The predicted molar refractivity (Wildman–Crippen MR) is 55.0 cm³/mol. The van der Waals surface area contributed by atoms with Crippen LogP contribution in [0.3, 0.4) is 0 Å². The van der Waals surface area contributed by atoms with Gasteiger partial charge in [-0.05, 0) is 32.6 Å². The van der Waals surface area contributed by atoms with Crippen molar-refractivity contribution in [1.29, 1.82) is 0 Å². The summed E-state index contributed by atoms with van der Waals surface area (Å²) in [6.45, 7) is 3.80. The third-order valence-corrected chi connectivity index (χ3v) is 2.72. The fourth-order valence-electron chi connectivity index (χ4n) is 1.77. The second kappa shape index (κ2) is 4.83. The van der Waals surface area contributed by atoms with E-state index in [1.165, 1.54) is 0 Å². The van der Waals surface area contributed by atoms with Gasteiger partial charge in [-0.2, -0.15) is 0 Å². The van der Waals surface area contributed by atoms with E-state index in [0.717, 1.165) is 6.42 Å². The molecule has 1 heterocycles. The minimum atomic E-state index is -0.829. The van der Waals surface area contributed by atoms with Gasteiger partial charge in [-0.3, -0.25) is 9.59 Å². The van der Waals surface area contributed by atoms with Crippen LogP contribution in [-0.4, -0.2) is 34.5 Å². The van der Waals surface area contributed by atoms with Crippen molar-refractivity contribution in [2.45, 2.75) is 32.7 Å². The summed E-state index contributed by atoms with van der Waals surface area (Å²) in [7, 11) is 0. The SMILES string of the molecule is CC#CC(=O)N1CC(C(=O)O)CCC1C. The maximum atomic E-state index is 11.5. The lowest BCUT2D eigenvalue weighted by Gasteiger charge is -2.35. The first kappa shape index (κ1) is 11.6. The zero-order valence-corrected chi connectivity index (χ0v) is 8.99. The van der Waals surface area contributed by atoms with E-state index in [1.54, 1.807) is 11.8 Å². The van der Waals surface area contributed by atoms with Crippen molar-refractivity contribution in [3.63, 3.8) is 0 Å². The first-order valence-electron chi connectivity index (χ1n) is 5.02. The summed E-state index contributed by atoms with van der Waals surface area (Å²) < 4.78 is 0. The fraction of sp³-hybridized carbons (Fsp3) is 0.636. The summed E-state index contributed by atoms with van der Waals surface area (Å²) in [6.07, 6.45) is 1.37. The number of amides is 1. The van der Waals surface area contributed by atoms with E-state index in [1.807, 2.05) is 6.92 Å². The second-order valence-electron chi connectivity index (χ2n) is 3.79.